The molecule has 0 saturated heterocycles. The number of hydrogen-bond donors (Lipinski definition) is 0. The van der Waals surface area contributed by atoms with Crippen molar-refractivity contribution < 1.29 is 22.6 Å². The van der Waals surface area contributed by atoms with Gasteiger partial charge < -0.3 is 9.47 Å². The summed E-state index contributed by atoms with van der Waals surface area (Å²) in [4.78, 5) is 0. The normalized spacial score (nSPS) is 10.8. The number of ether oxygens (including phenoxy) is 2. The molecule has 2 rings (SSSR count). The Labute approximate surface area is 119 Å². The standard InChI is InChI=1S/C15H10F3NO2/c1-10-3-2-4-11(9-19)14(10)20-12-5-7-13(8-6-12)21-15(16,17)18/h2-8H,1H3. The number of rotatable bonds is 3. The Bertz CT molecular complexity index is 673. The van der Waals surface area contributed by atoms with Crippen LogP contribution in [0.15, 0.2) is 42.5 Å². The molecule has 0 N–H and O–H groups in total. The van der Waals surface area contributed by atoms with Gasteiger partial charge in [0, 0.05) is 0 Å². The van der Waals surface area contributed by atoms with E-state index in [2.05, 4.69) is 4.74 Å². The summed E-state index contributed by atoms with van der Waals surface area (Å²) in [6, 6.07) is 12.1. The van der Waals surface area contributed by atoms with Crippen molar-refractivity contribution in [1.82, 2.24) is 0 Å². The van der Waals surface area contributed by atoms with Crippen molar-refractivity contribution in [2.45, 2.75) is 13.3 Å². The number of nitriles is 1. The summed E-state index contributed by atoms with van der Waals surface area (Å²) in [5, 5.41) is 9.02. The van der Waals surface area contributed by atoms with Crippen molar-refractivity contribution in [2.75, 3.05) is 0 Å². The molecule has 0 atom stereocenters. The van der Waals surface area contributed by atoms with Gasteiger partial charge in [0.1, 0.15) is 23.3 Å². The number of alkyl halides is 3. The zero-order chi connectivity index (χ0) is 15.5. The van der Waals surface area contributed by atoms with Crippen LogP contribution >= 0.6 is 0 Å². The van der Waals surface area contributed by atoms with E-state index in [4.69, 9.17) is 10.00 Å². The molecule has 0 heterocycles. The molecule has 0 spiro atoms. The van der Waals surface area contributed by atoms with Gasteiger partial charge >= 0.3 is 6.36 Å². The summed E-state index contributed by atoms with van der Waals surface area (Å²) in [7, 11) is 0. The second-order valence-corrected chi connectivity index (χ2v) is 4.18. The maximum atomic E-state index is 12.1. The Morgan fingerprint density at radius 2 is 1.62 bits per heavy atom. The quantitative estimate of drug-likeness (QED) is 0.833. The number of benzene rings is 2. The van der Waals surface area contributed by atoms with Crippen LogP contribution in [0.5, 0.6) is 17.2 Å². The van der Waals surface area contributed by atoms with Crippen LogP contribution < -0.4 is 9.47 Å². The predicted molar refractivity (Wildman–Crippen MR) is 69.1 cm³/mol. The molecule has 0 aromatic heterocycles. The molecule has 0 aliphatic heterocycles. The average Bonchev–Trinajstić information content (AvgIpc) is 2.41. The fourth-order valence-corrected chi connectivity index (χ4v) is 1.70. The van der Waals surface area contributed by atoms with Crippen LogP contribution in [0, 0.1) is 18.3 Å². The van der Waals surface area contributed by atoms with Crippen LogP contribution in [-0.2, 0) is 0 Å². The highest BCUT2D eigenvalue weighted by Gasteiger charge is 2.30. The van der Waals surface area contributed by atoms with E-state index < -0.39 is 6.36 Å². The summed E-state index contributed by atoms with van der Waals surface area (Å²) in [5.41, 5.74) is 1.11. The summed E-state index contributed by atoms with van der Waals surface area (Å²) >= 11 is 0. The Kier molecular flexibility index (Phi) is 4.03. The van der Waals surface area contributed by atoms with E-state index >= 15 is 0 Å². The molecule has 0 fully saturated rings. The molecule has 6 heteroatoms. The Balaban J connectivity index is 2.20. The van der Waals surface area contributed by atoms with Crippen molar-refractivity contribution >= 4 is 0 Å². The highest BCUT2D eigenvalue weighted by Crippen LogP contribution is 2.30. The first-order valence-corrected chi connectivity index (χ1v) is 5.92. The van der Waals surface area contributed by atoms with Crippen LogP contribution in [0.2, 0.25) is 0 Å². The highest BCUT2D eigenvalue weighted by atomic mass is 19.4. The molecule has 2 aromatic carbocycles. The van der Waals surface area contributed by atoms with Crippen LogP contribution in [-0.4, -0.2) is 6.36 Å². The molecule has 0 aliphatic rings. The molecule has 21 heavy (non-hydrogen) atoms. The second kappa shape index (κ2) is 5.75. The van der Waals surface area contributed by atoms with E-state index in [0.29, 0.717) is 17.1 Å². The second-order valence-electron chi connectivity index (χ2n) is 4.18. The summed E-state index contributed by atoms with van der Waals surface area (Å²) in [6.45, 7) is 1.78. The Hall–Kier alpha value is -2.68. The lowest BCUT2D eigenvalue weighted by molar-refractivity contribution is -0.274. The lowest BCUT2D eigenvalue weighted by Gasteiger charge is -2.12. The fraction of sp³-hybridized carbons (Fsp3) is 0.133. The number of para-hydroxylation sites is 1. The molecule has 0 radical (unpaired) electrons. The number of nitrogens with zero attached hydrogens (tertiary/aromatic N) is 1. The van der Waals surface area contributed by atoms with E-state index in [1.165, 1.54) is 12.1 Å². The van der Waals surface area contributed by atoms with E-state index in [1.54, 1.807) is 25.1 Å². The van der Waals surface area contributed by atoms with Gasteiger partial charge in [0.05, 0.1) is 5.56 Å². The minimum Gasteiger partial charge on any atom is -0.456 e. The third kappa shape index (κ3) is 3.89. The zero-order valence-corrected chi connectivity index (χ0v) is 10.9. The first kappa shape index (κ1) is 14.7. The van der Waals surface area contributed by atoms with Gasteiger partial charge in [-0.3, -0.25) is 0 Å². The van der Waals surface area contributed by atoms with E-state index in [1.807, 2.05) is 6.07 Å². The molecule has 3 nitrogen and oxygen atoms in total. The topological polar surface area (TPSA) is 42.2 Å². The lowest BCUT2D eigenvalue weighted by Crippen LogP contribution is -2.16. The van der Waals surface area contributed by atoms with Gasteiger partial charge in [-0.15, -0.1) is 13.2 Å². The first-order valence-electron chi connectivity index (χ1n) is 5.92. The maximum Gasteiger partial charge on any atom is 0.573 e. The average molecular weight is 293 g/mol. The van der Waals surface area contributed by atoms with E-state index in [9.17, 15) is 13.2 Å². The number of aryl methyl sites for hydroxylation is 1. The fourth-order valence-electron chi connectivity index (χ4n) is 1.70. The molecule has 0 unspecified atom stereocenters. The first-order chi connectivity index (χ1) is 9.89. The van der Waals surface area contributed by atoms with Gasteiger partial charge in [-0.1, -0.05) is 12.1 Å². The minimum atomic E-state index is -4.73. The SMILES string of the molecule is Cc1cccc(C#N)c1Oc1ccc(OC(F)(F)F)cc1. The Morgan fingerprint density at radius 3 is 2.19 bits per heavy atom. The van der Waals surface area contributed by atoms with Crippen molar-refractivity contribution in [3.63, 3.8) is 0 Å². The maximum absolute atomic E-state index is 12.1. The highest BCUT2D eigenvalue weighted by molar-refractivity contribution is 5.50. The summed E-state index contributed by atoms with van der Waals surface area (Å²) < 4.78 is 45.5. The Morgan fingerprint density at radius 1 is 1.00 bits per heavy atom. The monoisotopic (exact) mass is 293 g/mol. The third-order valence-electron chi connectivity index (χ3n) is 2.61. The van der Waals surface area contributed by atoms with Crippen molar-refractivity contribution in [1.29, 1.82) is 5.26 Å². The van der Waals surface area contributed by atoms with Crippen molar-refractivity contribution in [3.05, 3.63) is 53.6 Å². The molecular weight excluding hydrogens is 283 g/mol. The molecule has 2 aromatic rings. The number of halogens is 3. The van der Waals surface area contributed by atoms with Gasteiger partial charge in [-0.05, 0) is 42.8 Å². The van der Waals surface area contributed by atoms with Gasteiger partial charge in [0.2, 0.25) is 0 Å². The van der Waals surface area contributed by atoms with Gasteiger partial charge in [-0.2, -0.15) is 5.26 Å². The van der Waals surface area contributed by atoms with E-state index in [0.717, 1.165) is 17.7 Å². The van der Waals surface area contributed by atoms with Crippen LogP contribution in [0.3, 0.4) is 0 Å². The molecule has 0 saturated carbocycles. The van der Waals surface area contributed by atoms with Gasteiger partial charge in [0.25, 0.3) is 0 Å². The van der Waals surface area contributed by atoms with Gasteiger partial charge in [0.15, 0.2) is 0 Å². The predicted octanol–water partition coefficient (Wildman–Crippen LogP) is 4.56. The van der Waals surface area contributed by atoms with Crippen molar-refractivity contribution in [3.8, 4) is 23.3 Å². The lowest BCUT2D eigenvalue weighted by atomic mass is 10.1. The summed E-state index contributed by atoms with van der Waals surface area (Å²) in [5.74, 6) is 0.361. The molecule has 0 bridgehead atoms. The van der Waals surface area contributed by atoms with E-state index in [-0.39, 0.29) is 5.75 Å². The largest absolute Gasteiger partial charge is 0.573 e. The smallest absolute Gasteiger partial charge is 0.456 e. The van der Waals surface area contributed by atoms with Crippen LogP contribution in [0.4, 0.5) is 13.2 Å². The third-order valence-corrected chi connectivity index (χ3v) is 2.61. The minimum absolute atomic E-state index is 0.315. The molecule has 0 aliphatic carbocycles. The number of hydrogen-bond acceptors (Lipinski definition) is 3. The molecule has 108 valence electrons. The zero-order valence-electron chi connectivity index (χ0n) is 10.9. The van der Waals surface area contributed by atoms with Crippen LogP contribution in [0.1, 0.15) is 11.1 Å². The van der Waals surface area contributed by atoms with Gasteiger partial charge in [-0.25, -0.2) is 0 Å². The summed E-state index contributed by atoms with van der Waals surface area (Å²) in [6.07, 6.45) is -4.73. The molecular formula is C15H10F3NO2. The van der Waals surface area contributed by atoms with Crippen LogP contribution in [0.25, 0.3) is 0 Å². The van der Waals surface area contributed by atoms with Crippen molar-refractivity contribution in [2.24, 2.45) is 0 Å². The molecule has 0 amide bonds.